The number of rotatable bonds is 3. The van der Waals surface area contributed by atoms with E-state index in [2.05, 4.69) is 10.6 Å². The van der Waals surface area contributed by atoms with Crippen LogP contribution in [-0.2, 0) is 0 Å². The Morgan fingerprint density at radius 1 is 1.22 bits per heavy atom. The third kappa shape index (κ3) is 4.48. The Hall–Kier alpha value is -2.51. The molecular formula is C15H12ClN3O3S. The van der Waals surface area contributed by atoms with Crippen LogP contribution < -0.4 is 10.6 Å². The van der Waals surface area contributed by atoms with Crippen LogP contribution in [0.1, 0.15) is 15.9 Å². The maximum absolute atomic E-state index is 12.0. The maximum Gasteiger partial charge on any atom is 0.271 e. The Morgan fingerprint density at radius 3 is 2.43 bits per heavy atom. The largest absolute Gasteiger partial charge is 0.331 e. The van der Waals surface area contributed by atoms with Gasteiger partial charge >= 0.3 is 0 Å². The standard InChI is InChI=1S/C15H12ClN3O3S/c1-9-2-4-10(5-3-9)14(20)18-15(23)17-13-7-6-11(19(21)22)8-12(13)16/h2-8H,1H3,(H2,17,18,20,23). The van der Waals surface area contributed by atoms with Crippen LogP contribution in [0.2, 0.25) is 5.02 Å². The topological polar surface area (TPSA) is 84.3 Å². The van der Waals surface area contributed by atoms with Crippen molar-refractivity contribution in [2.24, 2.45) is 0 Å². The highest BCUT2D eigenvalue weighted by Gasteiger charge is 2.12. The molecule has 0 aromatic heterocycles. The van der Waals surface area contributed by atoms with Crippen molar-refractivity contribution in [3.63, 3.8) is 0 Å². The summed E-state index contributed by atoms with van der Waals surface area (Å²) < 4.78 is 0. The van der Waals surface area contributed by atoms with E-state index in [-0.39, 0.29) is 21.7 Å². The van der Waals surface area contributed by atoms with Gasteiger partial charge in [0.2, 0.25) is 0 Å². The lowest BCUT2D eigenvalue weighted by Gasteiger charge is -2.11. The second-order valence-corrected chi connectivity index (χ2v) is 5.51. The first-order valence-electron chi connectivity index (χ1n) is 6.50. The van der Waals surface area contributed by atoms with Gasteiger partial charge in [-0.15, -0.1) is 0 Å². The van der Waals surface area contributed by atoms with E-state index in [1.54, 1.807) is 12.1 Å². The molecule has 0 aliphatic heterocycles. The zero-order valence-corrected chi connectivity index (χ0v) is 13.6. The summed E-state index contributed by atoms with van der Waals surface area (Å²) in [6.07, 6.45) is 0. The number of nitro benzene ring substituents is 1. The first kappa shape index (κ1) is 16.9. The molecule has 0 saturated heterocycles. The molecular weight excluding hydrogens is 338 g/mol. The molecule has 0 fully saturated rings. The molecule has 0 aliphatic rings. The number of hydrogen-bond acceptors (Lipinski definition) is 4. The minimum Gasteiger partial charge on any atom is -0.331 e. The van der Waals surface area contributed by atoms with Crippen LogP contribution in [0.4, 0.5) is 11.4 Å². The molecule has 1 amide bonds. The Labute approximate surface area is 142 Å². The second kappa shape index (κ2) is 7.17. The Morgan fingerprint density at radius 2 is 1.87 bits per heavy atom. The Kier molecular flexibility index (Phi) is 5.25. The van der Waals surface area contributed by atoms with Gasteiger partial charge in [-0.25, -0.2) is 0 Å². The predicted molar refractivity (Wildman–Crippen MR) is 93.0 cm³/mol. The monoisotopic (exact) mass is 349 g/mol. The van der Waals surface area contributed by atoms with E-state index in [0.29, 0.717) is 11.3 Å². The number of carbonyl (C=O) groups is 1. The molecule has 0 bridgehead atoms. The quantitative estimate of drug-likeness (QED) is 0.501. The zero-order chi connectivity index (χ0) is 17.0. The van der Waals surface area contributed by atoms with E-state index < -0.39 is 4.92 Å². The smallest absolute Gasteiger partial charge is 0.271 e. The number of benzene rings is 2. The molecule has 0 spiro atoms. The summed E-state index contributed by atoms with van der Waals surface area (Å²) in [6.45, 7) is 1.92. The average molecular weight is 350 g/mol. The fourth-order valence-electron chi connectivity index (χ4n) is 1.75. The van der Waals surface area contributed by atoms with Crippen LogP contribution in [0.5, 0.6) is 0 Å². The van der Waals surface area contributed by atoms with Crippen LogP contribution in [0.25, 0.3) is 0 Å². The fraction of sp³-hybridized carbons (Fsp3) is 0.0667. The van der Waals surface area contributed by atoms with Crippen LogP contribution in [0, 0.1) is 17.0 Å². The lowest BCUT2D eigenvalue weighted by Crippen LogP contribution is -2.34. The summed E-state index contributed by atoms with van der Waals surface area (Å²) in [5.41, 5.74) is 1.75. The number of nitro groups is 1. The lowest BCUT2D eigenvalue weighted by molar-refractivity contribution is -0.384. The third-order valence-electron chi connectivity index (χ3n) is 2.95. The number of aryl methyl sites for hydroxylation is 1. The van der Waals surface area contributed by atoms with Gasteiger partial charge in [-0.2, -0.15) is 0 Å². The van der Waals surface area contributed by atoms with Crippen molar-refractivity contribution in [1.82, 2.24) is 5.32 Å². The first-order chi connectivity index (χ1) is 10.9. The SMILES string of the molecule is Cc1ccc(C(=O)NC(=S)Nc2ccc([N+](=O)[O-])cc2Cl)cc1. The number of hydrogen-bond donors (Lipinski definition) is 2. The van der Waals surface area contributed by atoms with Gasteiger partial charge in [0.05, 0.1) is 15.6 Å². The van der Waals surface area contributed by atoms with E-state index in [4.69, 9.17) is 23.8 Å². The second-order valence-electron chi connectivity index (χ2n) is 4.70. The van der Waals surface area contributed by atoms with Gasteiger partial charge in [0.1, 0.15) is 0 Å². The van der Waals surface area contributed by atoms with E-state index in [0.717, 1.165) is 5.56 Å². The molecule has 0 heterocycles. The number of amides is 1. The highest BCUT2D eigenvalue weighted by Crippen LogP contribution is 2.26. The molecule has 118 valence electrons. The minimum absolute atomic E-state index is 0.0475. The Balaban J connectivity index is 2.03. The number of nitrogens with one attached hydrogen (secondary N) is 2. The van der Waals surface area contributed by atoms with Gasteiger partial charge < -0.3 is 5.32 Å². The van der Waals surface area contributed by atoms with E-state index in [1.165, 1.54) is 18.2 Å². The highest BCUT2D eigenvalue weighted by atomic mass is 35.5. The summed E-state index contributed by atoms with van der Waals surface area (Å²) >= 11 is 11.0. The number of non-ortho nitro benzene ring substituents is 1. The van der Waals surface area contributed by atoms with Crippen LogP contribution >= 0.6 is 23.8 Å². The average Bonchev–Trinajstić information content (AvgIpc) is 2.49. The third-order valence-corrected chi connectivity index (χ3v) is 3.47. The molecule has 6 nitrogen and oxygen atoms in total. The number of halogens is 1. The van der Waals surface area contributed by atoms with Crippen molar-refractivity contribution >= 4 is 46.2 Å². The van der Waals surface area contributed by atoms with Crippen molar-refractivity contribution in [1.29, 1.82) is 0 Å². The molecule has 2 aromatic carbocycles. The van der Waals surface area contributed by atoms with Gasteiger partial charge in [-0.3, -0.25) is 20.2 Å². The van der Waals surface area contributed by atoms with Gasteiger partial charge in [0, 0.05) is 17.7 Å². The van der Waals surface area contributed by atoms with Crippen molar-refractivity contribution < 1.29 is 9.72 Å². The van der Waals surface area contributed by atoms with Gasteiger partial charge in [0.25, 0.3) is 11.6 Å². The zero-order valence-electron chi connectivity index (χ0n) is 12.0. The number of anilines is 1. The number of carbonyl (C=O) groups excluding carboxylic acids is 1. The van der Waals surface area contributed by atoms with Crippen molar-refractivity contribution in [2.75, 3.05) is 5.32 Å². The molecule has 0 radical (unpaired) electrons. The van der Waals surface area contributed by atoms with Crippen LogP contribution in [0.15, 0.2) is 42.5 Å². The van der Waals surface area contributed by atoms with E-state index >= 15 is 0 Å². The lowest BCUT2D eigenvalue weighted by atomic mass is 10.1. The molecule has 2 rings (SSSR count). The summed E-state index contributed by atoms with van der Waals surface area (Å²) in [7, 11) is 0. The number of thiocarbonyl (C=S) groups is 1. The summed E-state index contributed by atoms with van der Waals surface area (Å²) in [5.74, 6) is -0.361. The van der Waals surface area contributed by atoms with E-state index in [1.807, 2.05) is 19.1 Å². The maximum atomic E-state index is 12.0. The van der Waals surface area contributed by atoms with Crippen molar-refractivity contribution in [3.8, 4) is 0 Å². The molecule has 0 saturated carbocycles. The summed E-state index contributed by atoms with van der Waals surface area (Å²) in [5, 5.41) is 16.1. The molecule has 0 unspecified atom stereocenters. The fourth-order valence-corrected chi connectivity index (χ4v) is 2.18. The van der Waals surface area contributed by atoms with E-state index in [9.17, 15) is 14.9 Å². The molecule has 2 aromatic rings. The predicted octanol–water partition coefficient (Wildman–Crippen LogP) is 3.68. The summed E-state index contributed by atoms with van der Waals surface area (Å²) in [6, 6.07) is 10.9. The van der Waals surface area contributed by atoms with Gasteiger partial charge in [-0.05, 0) is 37.3 Å². The molecule has 0 atom stereocenters. The minimum atomic E-state index is -0.548. The van der Waals surface area contributed by atoms with Crippen LogP contribution in [0.3, 0.4) is 0 Å². The van der Waals surface area contributed by atoms with Crippen molar-refractivity contribution in [3.05, 3.63) is 68.7 Å². The van der Waals surface area contributed by atoms with Crippen LogP contribution in [-0.4, -0.2) is 15.9 Å². The molecule has 2 N–H and O–H groups in total. The highest BCUT2D eigenvalue weighted by molar-refractivity contribution is 7.80. The van der Waals surface area contributed by atoms with Gasteiger partial charge in [0.15, 0.2) is 5.11 Å². The van der Waals surface area contributed by atoms with Gasteiger partial charge in [-0.1, -0.05) is 29.3 Å². The Bertz CT molecular complexity index is 778. The molecule has 0 aliphatic carbocycles. The molecule has 23 heavy (non-hydrogen) atoms. The first-order valence-corrected chi connectivity index (χ1v) is 7.28. The van der Waals surface area contributed by atoms with Crippen molar-refractivity contribution in [2.45, 2.75) is 6.92 Å². The molecule has 8 heteroatoms. The normalized spacial score (nSPS) is 10.0. The number of nitrogens with zero attached hydrogens (tertiary/aromatic N) is 1. The summed E-state index contributed by atoms with van der Waals surface area (Å²) in [4.78, 5) is 22.1.